The molecule has 1 amide bonds. The number of nitrogens with zero attached hydrogens (tertiary/aromatic N) is 4. The number of carbonyl (C=O) groups excluding carboxylic acids is 1. The number of aryl methyl sites for hydroxylation is 1. The molecular formula is C17H20F3N5O2. The number of amides is 1. The minimum atomic E-state index is -4.50. The fourth-order valence-electron chi connectivity index (χ4n) is 2.98. The topological polar surface area (TPSA) is 72.3 Å². The average molecular weight is 383 g/mol. The first-order valence-corrected chi connectivity index (χ1v) is 8.51. The normalized spacial score (nSPS) is 15.6. The quantitative estimate of drug-likeness (QED) is 0.857. The number of rotatable bonds is 5. The van der Waals surface area contributed by atoms with Crippen molar-refractivity contribution in [3.63, 3.8) is 0 Å². The summed E-state index contributed by atoms with van der Waals surface area (Å²) in [6.07, 6.45) is 1.80. The molecule has 1 fully saturated rings. The number of anilines is 1. The van der Waals surface area contributed by atoms with Gasteiger partial charge in [-0.2, -0.15) is 13.2 Å². The van der Waals surface area contributed by atoms with Gasteiger partial charge in [-0.05, 0) is 25.0 Å². The third-order valence-corrected chi connectivity index (χ3v) is 4.30. The molecule has 1 aliphatic heterocycles. The molecule has 3 heterocycles. The van der Waals surface area contributed by atoms with Gasteiger partial charge in [0.1, 0.15) is 5.56 Å². The van der Waals surface area contributed by atoms with E-state index in [1.165, 1.54) is 18.3 Å². The van der Waals surface area contributed by atoms with Gasteiger partial charge in [0.05, 0.1) is 0 Å². The third-order valence-electron chi connectivity index (χ3n) is 4.30. The van der Waals surface area contributed by atoms with Gasteiger partial charge < -0.3 is 19.5 Å². The second-order valence-electron chi connectivity index (χ2n) is 6.33. The SMILES string of the molecule is Cn1ccnc1N1CCC(NC(=O)c2cccnc2OCC(F)(F)F)CC1. The lowest BCUT2D eigenvalue weighted by Crippen LogP contribution is -2.45. The van der Waals surface area contributed by atoms with Crippen molar-refractivity contribution in [1.29, 1.82) is 0 Å². The zero-order chi connectivity index (χ0) is 19.4. The van der Waals surface area contributed by atoms with E-state index < -0.39 is 18.7 Å². The van der Waals surface area contributed by atoms with Crippen molar-refractivity contribution in [2.75, 3.05) is 24.6 Å². The van der Waals surface area contributed by atoms with E-state index in [0.29, 0.717) is 12.8 Å². The molecule has 0 radical (unpaired) electrons. The Morgan fingerprint density at radius 3 is 2.67 bits per heavy atom. The highest BCUT2D eigenvalue weighted by Crippen LogP contribution is 2.21. The number of imidazole rings is 1. The number of pyridine rings is 1. The van der Waals surface area contributed by atoms with Gasteiger partial charge in [-0.1, -0.05) is 0 Å². The average Bonchev–Trinajstić information content (AvgIpc) is 3.06. The maximum atomic E-state index is 12.5. The summed E-state index contributed by atoms with van der Waals surface area (Å²) in [6.45, 7) is -0.0487. The molecule has 3 rings (SSSR count). The molecule has 7 nitrogen and oxygen atoms in total. The fourth-order valence-corrected chi connectivity index (χ4v) is 2.98. The Morgan fingerprint density at radius 1 is 1.30 bits per heavy atom. The molecule has 1 N–H and O–H groups in total. The summed E-state index contributed by atoms with van der Waals surface area (Å²) in [4.78, 5) is 22.7. The van der Waals surface area contributed by atoms with Crippen LogP contribution in [0.15, 0.2) is 30.7 Å². The molecule has 0 unspecified atom stereocenters. The number of aromatic nitrogens is 3. The van der Waals surface area contributed by atoms with E-state index in [1.807, 2.05) is 17.8 Å². The Kier molecular flexibility index (Phi) is 5.52. The van der Waals surface area contributed by atoms with Gasteiger partial charge >= 0.3 is 6.18 Å². The molecule has 0 aliphatic carbocycles. The number of halogens is 3. The molecule has 10 heteroatoms. The Balaban J connectivity index is 1.58. The second kappa shape index (κ2) is 7.85. The minimum absolute atomic E-state index is 0.00622. The van der Waals surface area contributed by atoms with Crippen molar-refractivity contribution in [3.8, 4) is 5.88 Å². The van der Waals surface area contributed by atoms with Crippen LogP contribution in [0, 0.1) is 0 Å². The molecule has 0 aromatic carbocycles. The summed E-state index contributed by atoms with van der Waals surface area (Å²) in [5.41, 5.74) is -0.00622. The van der Waals surface area contributed by atoms with Gasteiger partial charge in [0.25, 0.3) is 5.91 Å². The number of piperidine rings is 1. The van der Waals surface area contributed by atoms with E-state index >= 15 is 0 Å². The van der Waals surface area contributed by atoms with Crippen molar-refractivity contribution in [3.05, 3.63) is 36.3 Å². The first kappa shape index (κ1) is 19.0. The minimum Gasteiger partial charge on any atom is -0.467 e. The van der Waals surface area contributed by atoms with E-state index in [9.17, 15) is 18.0 Å². The summed E-state index contributed by atoms with van der Waals surface area (Å²) in [7, 11) is 1.92. The Hall–Kier alpha value is -2.78. The summed E-state index contributed by atoms with van der Waals surface area (Å²) in [5, 5.41) is 2.86. The molecule has 2 aromatic rings. The first-order valence-electron chi connectivity index (χ1n) is 8.51. The molecule has 0 spiro atoms. The van der Waals surface area contributed by atoms with Crippen LogP contribution in [0.2, 0.25) is 0 Å². The lowest BCUT2D eigenvalue weighted by Gasteiger charge is -2.33. The molecule has 1 saturated heterocycles. The van der Waals surface area contributed by atoms with Crippen LogP contribution in [0.25, 0.3) is 0 Å². The summed E-state index contributed by atoms with van der Waals surface area (Å²) >= 11 is 0. The summed E-state index contributed by atoms with van der Waals surface area (Å²) < 4.78 is 43.7. The van der Waals surface area contributed by atoms with Gasteiger partial charge in [0, 0.05) is 44.8 Å². The molecule has 1 aliphatic rings. The summed E-state index contributed by atoms with van der Waals surface area (Å²) in [5.74, 6) is 0.0587. The van der Waals surface area contributed by atoms with E-state index in [0.717, 1.165) is 19.0 Å². The van der Waals surface area contributed by atoms with Crippen LogP contribution in [0.5, 0.6) is 5.88 Å². The molecule has 0 atom stereocenters. The highest BCUT2D eigenvalue weighted by Gasteiger charge is 2.30. The van der Waals surface area contributed by atoms with E-state index in [1.54, 1.807) is 6.20 Å². The van der Waals surface area contributed by atoms with Crippen molar-refractivity contribution in [2.45, 2.75) is 25.1 Å². The predicted molar refractivity (Wildman–Crippen MR) is 91.7 cm³/mol. The van der Waals surface area contributed by atoms with Gasteiger partial charge in [0.15, 0.2) is 6.61 Å². The van der Waals surface area contributed by atoms with Gasteiger partial charge in [0.2, 0.25) is 11.8 Å². The van der Waals surface area contributed by atoms with Crippen LogP contribution < -0.4 is 15.0 Å². The lowest BCUT2D eigenvalue weighted by atomic mass is 10.0. The Labute approximate surface area is 154 Å². The Morgan fingerprint density at radius 2 is 2.04 bits per heavy atom. The van der Waals surface area contributed by atoms with Crippen molar-refractivity contribution >= 4 is 11.9 Å². The smallest absolute Gasteiger partial charge is 0.422 e. The number of carbonyl (C=O) groups is 1. The number of alkyl halides is 3. The van der Waals surface area contributed by atoms with Crippen molar-refractivity contribution in [2.24, 2.45) is 7.05 Å². The standard InChI is InChI=1S/C17H20F3N5O2/c1-24-10-7-22-16(24)25-8-4-12(5-9-25)23-14(26)13-3-2-6-21-15(13)27-11-17(18,19)20/h2-3,6-7,10,12H,4-5,8-9,11H2,1H3,(H,23,26). The van der Waals surface area contributed by atoms with Gasteiger partial charge in [-0.3, -0.25) is 4.79 Å². The van der Waals surface area contributed by atoms with Crippen LogP contribution >= 0.6 is 0 Å². The molecule has 27 heavy (non-hydrogen) atoms. The number of nitrogens with one attached hydrogen (secondary N) is 1. The lowest BCUT2D eigenvalue weighted by molar-refractivity contribution is -0.154. The molecule has 2 aromatic heterocycles. The van der Waals surface area contributed by atoms with Crippen molar-refractivity contribution in [1.82, 2.24) is 19.9 Å². The fraction of sp³-hybridized carbons (Fsp3) is 0.471. The van der Waals surface area contributed by atoms with Gasteiger partial charge in [-0.25, -0.2) is 9.97 Å². The third kappa shape index (κ3) is 4.89. The largest absolute Gasteiger partial charge is 0.467 e. The number of ether oxygens (including phenoxy) is 1. The molecule has 0 bridgehead atoms. The zero-order valence-corrected chi connectivity index (χ0v) is 14.7. The summed E-state index contributed by atoms with van der Waals surface area (Å²) in [6, 6.07) is 2.81. The van der Waals surface area contributed by atoms with Crippen LogP contribution in [-0.4, -0.2) is 52.4 Å². The molecule has 0 saturated carbocycles. The molecule has 146 valence electrons. The second-order valence-corrected chi connectivity index (χ2v) is 6.33. The zero-order valence-electron chi connectivity index (χ0n) is 14.7. The van der Waals surface area contributed by atoms with E-state index in [2.05, 4.69) is 24.9 Å². The van der Waals surface area contributed by atoms with E-state index in [-0.39, 0.29) is 17.5 Å². The van der Waals surface area contributed by atoms with Crippen LogP contribution in [0.1, 0.15) is 23.2 Å². The highest BCUT2D eigenvalue weighted by atomic mass is 19.4. The monoisotopic (exact) mass is 383 g/mol. The van der Waals surface area contributed by atoms with Crippen LogP contribution in [0.4, 0.5) is 19.1 Å². The van der Waals surface area contributed by atoms with Gasteiger partial charge in [-0.15, -0.1) is 0 Å². The van der Waals surface area contributed by atoms with E-state index in [4.69, 9.17) is 0 Å². The maximum absolute atomic E-state index is 12.5. The predicted octanol–water partition coefficient (Wildman–Crippen LogP) is 2.16. The highest BCUT2D eigenvalue weighted by molar-refractivity contribution is 5.96. The molecular weight excluding hydrogens is 363 g/mol. The maximum Gasteiger partial charge on any atom is 0.422 e. The van der Waals surface area contributed by atoms with Crippen molar-refractivity contribution < 1.29 is 22.7 Å². The number of hydrogen-bond acceptors (Lipinski definition) is 5. The Bertz CT molecular complexity index is 785. The van der Waals surface area contributed by atoms with Crippen LogP contribution in [0.3, 0.4) is 0 Å². The number of hydrogen-bond donors (Lipinski definition) is 1. The van der Waals surface area contributed by atoms with Crippen LogP contribution in [-0.2, 0) is 7.05 Å². The first-order chi connectivity index (χ1) is 12.8.